The predicted molar refractivity (Wildman–Crippen MR) is 48.7 cm³/mol. The number of rotatable bonds is 2. The molecule has 0 aliphatic rings. The van der Waals surface area contributed by atoms with Crippen molar-refractivity contribution in [2.24, 2.45) is 0 Å². The first-order valence-corrected chi connectivity index (χ1v) is 4.25. The van der Waals surface area contributed by atoms with Gasteiger partial charge in [-0.25, -0.2) is 0 Å². The predicted octanol–water partition coefficient (Wildman–Crippen LogP) is 2.79. The Kier molecular flexibility index (Phi) is 2.82. The monoisotopic (exact) mass is 186 g/mol. The lowest BCUT2D eigenvalue weighted by molar-refractivity contribution is 0.398. The molecule has 12 heavy (non-hydrogen) atoms. The van der Waals surface area contributed by atoms with E-state index in [1.54, 1.807) is 12.1 Å². The zero-order chi connectivity index (χ0) is 9.14. The summed E-state index contributed by atoms with van der Waals surface area (Å²) < 4.78 is 0. The number of hydrogen-bond donors (Lipinski definition) is 2. The van der Waals surface area contributed by atoms with Gasteiger partial charge in [0.2, 0.25) is 0 Å². The van der Waals surface area contributed by atoms with E-state index in [0.717, 1.165) is 6.42 Å². The van der Waals surface area contributed by atoms with Gasteiger partial charge in [0.15, 0.2) is 11.5 Å². The van der Waals surface area contributed by atoms with Crippen molar-refractivity contribution in [3.8, 4) is 11.5 Å². The minimum absolute atomic E-state index is 0.112. The number of phenolic OH excluding ortho intramolecular Hbond substituents is 2. The first-order chi connectivity index (χ1) is 5.66. The van der Waals surface area contributed by atoms with Gasteiger partial charge < -0.3 is 10.2 Å². The number of phenols is 2. The van der Waals surface area contributed by atoms with Crippen LogP contribution in [0, 0.1) is 0 Å². The van der Waals surface area contributed by atoms with E-state index in [2.05, 4.69) is 0 Å². The zero-order valence-electron chi connectivity index (χ0n) is 6.79. The second-order valence-corrected chi connectivity index (χ2v) is 3.12. The number of alkyl halides is 1. The van der Waals surface area contributed by atoms with Crippen LogP contribution in [-0.4, -0.2) is 10.2 Å². The highest BCUT2D eigenvalue weighted by atomic mass is 35.5. The van der Waals surface area contributed by atoms with Crippen LogP contribution in [0.1, 0.15) is 24.3 Å². The fraction of sp³-hybridized carbons (Fsp3) is 0.333. The number of para-hydroxylation sites is 1. The standard InChI is InChI=1S/C9H11ClO2/c1-2-7(10)6-4-3-5-8(11)9(6)12/h3-5,7,11-12H,2H2,1H3. The zero-order valence-corrected chi connectivity index (χ0v) is 7.54. The molecular formula is C9H11ClO2. The largest absolute Gasteiger partial charge is 0.504 e. The topological polar surface area (TPSA) is 40.5 Å². The molecule has 0 fully saturated rings. The Labute approximate surface area is 76.4 Å². The van der Waals surface area contributed by atoms with Crippen molar-refractivity contribution in [1.82, 2.24) is 0 Å². The van der Waals surface area contributed by atoms with E-state index < -0.39 is 0 Å². The van der Waals surface area contributed by atoms with E-state index in [1.807, 2.05) is 6.92 Å². The summed E-state index contributed by atoms with van der Waals surface area (Å²) in [6.45, 7) is 1.92. The molecule has 3 heteroatoms. The summed E-state index contributed by atoms with van der Waals surface area (Å²) in [5.74, 6) is -0.231. The summed E-state index contributed by atoms with van der Waals surface area (Å²) >= 11 is 5.90. The maximum atomic E-state index is 9.36. The van der Waals surface area contributed by atoms with Gasteiger partial charge in [-0.15, -0.1) is 11.6 Å². The Hall–Kier alpha value is -0.890. The van der Waals surface area contributed by atoms with Crippen molar-refractivity contribution in [2.45, 2.75) is 18.7 Å². The Bertz CT molecular complexity index is 273. The quantitative estimate of drug-likeness (QED) is 0.551. The van der Waals surface area contributed by atoms with Gasteiger partial charge >= 0.3 is 0 Å². The second kappa shape index (κ2) is 3.68. The van der Waals surface area contributed by atoms with E-state index in [9.17, 15) is 5.11 Å². The van der Waals surface area contributed by atoms with Crippen LogP contribution in [0.4, 0.5) is 0 Å². The van der Waals surface area contributed by atoms with Gasteiger partial charge in [0.05, 0.1) is 5.38 Å². The van der Waals surface area contributed by atoms with Gasteiger partial charge in [-0.05, 0) is 12.5 Å². The molecule has 0 heterocycles. The minimum atomic E-state index is -0.239. The average molecular weight is 187 g/mol. The molecule has 0 saturated heterocycles. The fourth-order valence-electron chi connectivity index (χ4n) is 1.02. The number of halogens is 1. The summed E-state index contributed by atoms with van der Waals surface area (Å²) in [7, 11) is 0. The van der Waals surface area contributed by atoms with Crippen LogP contribution >= 0.6 is 11.6 Å². The van der Waals surface area contributed by atoms with Gasteiger partial charge in [-0.1, -0.05) is 19.1 Å². The molecule has 1 rings (SSSR count). The molecular weight excluding hydrogens is 176 g/mol. The highest BCUT2D eigenvalue weighted by Crippen LogP contribution is 2.36. The Balaban J connectivity index is 3.07. The molecule has 2 nitrogen and oxygen atoms in total. The third-order valence-corrected chi connectivity index (χ3v) is 2.29. The number of hydrogen-bond acceptors (Lipinski definition) is 2. The average Bonchev–Trinajstić information content (AvgIpc) is 2.08. The summed E-state index contributed by atoms with van der Waals surface area (Å²) in [5.41, 5.74) is 0.583. The van der Waals surface area contributed by atoms with Crippen LogP contribution in [0.15, 0.2) is 18.2 Å². The highest BCUT2D eigenvalue weighted by molar-refractivity contribution is 6.21. The molecule has 1 aromatic rings. The SMILES string of the molecule is CCC(Cl)c1cccc(O)c1O. The van der Waals surface area contributed by atoms with Crippen molar-refractivity contribution in [1.29, 1.82) is 0 Å². The lowest BCUT2D eigenvalue weighted by Gasteiger charge is -2.09. The first kappa shape index (κ1) is 9.20. The molecule has 1 atom stereocenters. The molecule has 0 aliphatic carbocycles. The van der Waals surface area contributed by atoms with E-state index in [1.165, 1.54) is 6.07 Å². The molecule has 1 unspecified atom stereocenters. The molecule has 0 amide bonds. The maximum absolute atomic E-state index is 9.36. The van der Waals surface area contributed by atoms with Crippen LogP contribution in [0.3, 0.4) is 0 Å². The molecule has 0 saturated carbocycles. The summed E-state index contributed by atoms with van der Waals surface area (Å²) in [4.78, 5) is 0. The third kappa shape index (κ3) is 1.64. The number of aromatic hydroxyl groups is 2. The molecule has 1 aromatic carbocycles. The minimum Gasteiger partial charge on any atom is -0.504 e. The molecule has 0 aliphatic heterocycles. The van der Waals surface area contributed by atoms with Crippen molar-refractivity contribution in [3.63, 3.8) is 0 Å². The van der Waals surface area contributed by atoms with Crippen molar-refractivity contribution >= 4 is 11.6 Å². The van der Waals surface area contributed by atoms with Gasteiger partial charge in [0.1, 0.15) is 0 Å². The van der Waals surface area contributed by atoms with E-state index >= 15 is 0 Å². The van der Waals surface area contributed by atoms with Gasteiger partial charge in [0, 0.05) is 5.56 Å². The molecule has 0 aromatic heterocycles. The van der Waals surface area contributed by atoms with Crippen LogP contribution in [-0.2, 0) is 0 Å². The summed E-state index contributed by atoms with van der Waals surface area (Å²) in [6, 6.07) is 4.80. The third-order valence-electron chi connectivity index (χ3n) is 1.74. The van der Waals surface area contributed by atoms with Crippen LogP contribution in [0.25, 0.3) is 0 Å². The van der Waals surface area contributed by atoms with Crippen LogP contribution < -0.4 is 0 Å². The molecule has 0 spiro atoms. The summed E-state index contributed by atoms with van der Waals surface area (Å²) in [6.07, 6.45) is 0.721. The Morgan fingerprint density at radius 2 is 2.08 bits per heavy atom. The summed E-state index contributed by atoms with van der Waals surface area (Å²) in [5, 5.41) is 18.3. The van der Waals surface area contributed by atoms with Gasteiger partial charge in [0.25, 0.3) is 0 Å². The second-order valence-electron chi connectivity index (χ2n) is 2.59. The van der Waals surface area contributed by atoms with E-state index in [4.69, 9.17) is 16.7 Å². The molecule has 0 radical (unpaired) electrons. The Morgan fingerprint density at radius 1 is 1.42 bits per heavy atom. The van der Waals surface area contributed by atoms with Crippen molar-refractivity contribution in [3.05, 3.63) is 23.8 Å². The normalized spacial score (nSPS) is 12.8. The lowest BCUT2D eigenvalue weighted by atomic mass is 10.1. The Morgan fingerprint density at radius 3 is 2.67 bits per heavy atom. The van der Waals surface area contributed by atoms with Gasteiger partial charge in [-0.2, -0.15) is 0 Å². The molecule has 0 bridgehead atoms. The highest BCUT2D eigenvalue weighted by Gasteiger charge is 2.12. The smallest absolute Gasteiger partial charge is 0.162 e. The number of benzene rings is 1. The van der Waals surface area contributed by atoms with Crippen LogP contribution in [0.5, 0.6) is 11.5 Å². The van der Waals surface area contributed by atoms with Crippen molar-refractivity contribution < 1.29 is 10.2 Å². The van der Waals surface area contributed by atoms with Gasteiger partial charge in [-0.3, -0.25) is 0 Å². The maximum Gasteiger partial charge on any atom is 0.162 e. The van der Waals surface area contributed by atoms with E-state index in [-0.39, 0.29) is 16.9 Å². The van der Waals surface area contributed by atoms with Crippen LogP contribution in [0.2, 0.25) is 0 Å². The first-order valence-electron chi connectivity index (χ1n) is 3.81. The van der Waals surface area contributed by atoms with E-state index in [0.29, 0.717) is 5.56 Å². The lowest BCUT2D eigenvalue weighted by Crippen LogP contribution is -1.88. The molecule has 2 N–H and O–H groups in total. The molecule has 66 valence electrons. The fourth-order valence-corrected chi connectivity index (χ4v) is 1.20. The van der Waals surface area contributed by atoms with Crippen molar-refractivity contribution in [2.75, 3.05) is 0 Å².